The highest BCUT2D eigenvalue weighted by Crippen LogP contribution is 2.23. The molecule has 1 aliphatic rings. The third kappa shape index (κ3) is 3.22. The first-order valence-electron chi connectivity index (χ1n) is 8.52. The van der Waals surface area contributed by atoms with E-state index in [2.05, 4.69) is 20.0 Å². The molecular formula is C18H19ClN6O. The molecule has 1 aliphatic heterocycles. The first-order valence-corrected chi connectivity index (χ1v) is 8.89. The summed E-state index contributed by atoms with van der Waals surface area (Å²) < 4.78 is 1.74. The molecule has 1 saturated heterocycles. The van der Waals surface area contributed by atoms with Crippen LogP contribution in [-0.2, 0) is 18.3 Å². The lowest BCUT2D eigenvalue weighted by atomic mass is 10.1. The first kappa shape index (κ1) is 16.8. The molecule has 0 unspecified atom stereocenters. The van der Waals surface area contributed by atoms with Crippen molar-refractivity contribution in [3.8, 4) is 0 Å². The van der Waals surface area contributed by atoms with Crippen LogP contribution in [0.4, 0.5) is 5.82 Å². The molecule has 0 bridgehead atoms. The molecule has 0 N–H and O–H groups in total. The van der Waals surface area contributed by atoms with Gasteiger partial charge in [0.2, 0.25) is 5.91 Å². The van der Waals surface area contributed by atoms with E-state index < -0.39 is 0 Å². The van der Waals surface area contributed by atoms with Gasteiger partial charge in [-0.1, -0.05) is 23.7 Å². The molecule has 1 aromatic carbocycles. The Morgan fingerprint density at radius 1 is 1.12 bits per heavy atom. The maximum absolute atomic E-state index is 12.5. The van der Waals surface area contributed by atoms with Crippen LogP contribution in [0.5, 0.6) is 0 Å². The van der Waals surface area contributed by atoms with E-state index in [1.165, 1.54) is 0 Å². The van der Waals surface area contributed by atoms with Gasteiger partial charge >= 0.3 is 0 Å². The molecule has 134 valence electrons. The summed E-state index contributed by atoms with van der Waals surface area (Å²) >= 11 is 5.90. The van der Waals surface area contributed by atoms with E-state index in [1.807, 2.05) is 36.2 Å². The monoisotopic (exact) mass is 370 g/mol. The van der Waals surface area contributed by atoms with Crippen molar-refractivity contribution < 1.29 is 4.79 Å². The van der Waals surface area contributed by atoms with E-state index in [1.54, 1.807) is 17.2 Å². The lowest BCUT2D eigenvalue weighted by molar-refractivity contribution is -0.130. The second-order valence-corrected chi connectivity index (χ2v) is 6.81. The van der Waals surface area contributed by atoms with E-state index in [-0.39, 0.29) is 5.91 Å². The lowest BCUT2D eigenvalue weighted by Gasteiger charge is -2.35. The summed E-state index contributed by atoms with van der Waals surface area (Å²) in [5, 5.41) is 5.88. The van der Waals surface area contributed by atoms with Gasteiger partial charge in [0, 0.05) is 38.2 Å². The Balaban J connectivity index is 1.42. The molecular weight excluding hydrogens is 352 g/mol. The van der Waals surface area contributed by atoms with Crippen molar-refractivity contribution in [1.29, 1.82) is 0 Å². The van der Waals surface area contributed by atoms with Crippen LogP contribution >= 0.6 is 11.6 Å². The molecule has 2 aromatic heterocycles. The predicted molar refractivity (Wildman–Crippen MR) is 100 cm³/mol. The number of aromatic nitrogens is 4. The molecule has 0 atom stereocenters. The van der Waals surface area contributed by atoms with Gasteiger partial charge in [-0.25, -0.2) is 9.97 Å². The summed E-state index contributed by atoms with van der Waals surface area (Å²) in [6.45, 7) is 2.84. The maximum Gasteiger partial charge on any atom is 0.227 e. The number of hydrogen-bond donors (Lipinski definition) is 0. The van der Waals surface area contributed by atoms with Gasteiger partial charge in [-0.15, -0.1) is 0 Å². The largest absolute Gasteiger partial charge is 0.352 e. The molecule has 7 nitrogen and oxygen atoms in total. The molecule has 0 spiro atoms. The van der Waals surface area contributed by atoms with Gasteiger partial charge in [0.15, 0.2) is 5.65 Å². The van der Waals surface area contributed by atoms with Crippen molar-refractivity contribution in [2.45, 2.75) is 6.42 Å². The lowest BCUT2D eigenvalue weighted by Crippen LogP contribution is -2.49. The van der Waals surface area contributed by atoms with Crippen molar-refractivity contribution in [3.63, 3.8) is 0 Å². The molecule has 26 heavy (non-hydrogen) atoms. The number of fused-ring (bicyclic) bond motifs is 1. The van der Waals surface area contributed by atoms with Crippen LogP contribution in [-0.4, -0.2) is 56.7 Å². The van der Waals surface area contributed by atoms with Gasteiger partial charge in [0.05, 0.1) is 18.0 Å². The Bertz CT molecular complexity index is 931. The van der Waals surface area contributed by atoms with Crippen LogP contribution in [0.2, 0.25) is 5.02 Å². The van der Waals surface area contributed by atoms with Gasteiger partial charge in [-0.2, -0.15) is 5.10 Å². The molecule has 8 heteroatoms. The van der Waals surface area contributed by atoms with Crippen LogP contribution in [0.25, 0.3) is 11.0 Å². The van der Waals surface area contributed by atoms with E-state index in [4.69, 9.17) is 11.6 Å². The molecule has 0 radical (unpaired) electrons. The molecule has 0 saturated carbocycles. The predicted octanol–water partition coefficient (Wildman–Crippen LogP) is 1.91. The summed E-state index contributed by atoms with van der Waals surface area (Å²) in [6.07, 6.45) is 3.76. The zero-order valence-corrected chi connectivity index (χ0v) is 15.2. The average molecular weight is 371 g/mol. The summed E-state index contributed by atoms with van der Waals surface area (Å²) in [5.41, 5.74) is 1.80. The number of anilines is 1. The molecule has 1 fully saturated rings. The fourth-order valence-electron chi connectivity index (χ4n) is 3.26. The Morgan fingerprint density at radius 3 is 2.58 bits per heavy atom. The highest BCUT2D eigenvalue weighted by Gasteiger charge is 2.23. The SMILES string of the molecule is Cn1ncc2c(N3CCN(C(=O)Cc4ccc(Cl)cc4)CC3)ncnc21. The van der Waals surface area contributed by atoms with Crippen molar-refractivity contribution in [1.82, 2.24) is 24.6 Å². The van der Waals surface area contributed by atoms with Crippen LogP contribution in [0.15, 0.2) is 36.8 Å². The van der Waals surface area contributed by atoms with Crippen LogP contribution in [0.1, 0.15) is 5.56 Å². The Hall–Kier alpha value is -2.67. The summed E-state index contributed by atoms with van der Waals surface area (Å²) in [7, 11) is 1.87. The van der Waals surface area contributed by atoms with Gasteiger partial charge in [0.25, 0.3) is 0 Å². The molecule has 0 aliphatic carbocycles. The van der Waals surface area contributed by atoms with E-state index in [9.17, 15) is 4.79 Å². The van der Waals surface area contributed by atoms with E-state index in [0.717, 1.165) is 35.5 Å². The van der Waals surface area contributed by atoms with Gasteiger partial charge in [-0.05, 0) is 17.7 Å². The Labute approximate surface area is 156 Å². The standard InChI is InChI=1S/C18H19ClN6O/c1-23-17-15(11-22-23)18(21-12-20-17)25-8-6-24(7-9-25)16(26)10-13-2-4-14(19)5-3-13/h2-5,11-12H,6-10H2,1H3. The second-order valence-electron chi connectivity index (χ2n) is 6.37. The molecule has 1 amide bonds. The third-order valence-electron chi connectivity index (χ3n) is 4.71. The number of rotatable bonds is 3. The van der Waals surface area contributed by atoms with Crippen molar-refractivity contribution >= 4 is 34.4 Å². The third-order valence-corrected chi connectivity index (χ3v) is 4.96. The van der Waals surface area contributed by atoms with E-state index >= 15 is 0 Å². The topological polar surface area (TPSA) is 67.2 Å². The van der Waals surface area contributed by atoms with Crippen molar-refractivity contribution in [3.05, 3.63) is 47.4 Å². The minimum atomic E-state index is 0.140. The molecule has 3 aromatic rings. The zero-order chi connectivity index (χ0) is 18.1. The number of hydrogen-bond acceptors (Lipinski definition) is 5. The maximum atomic E-state index is 12.5. The average Bonchev–Trinajstić information content (AvgIpc) is 3.05. The summed E-state index contributed by atoms with van der Waals surface area (Å²) in [4.78, 5) is 25.4. The number of carbonyl (C=O) groups excluding carboxylic acids is 1. The number of nitrogens with zero attached hydrogens (tertiary/aromatic N) is 6. The van der Waals surface area contributed by atoms with Crippen molar-refractivity contribution in [2.24, 2.45) is 7.05 Å². The number of benzene rings is 1. The number of amides is 1. The minimum absolute atomic E-state index is 0.140. The number of carbonyl (C=O) groups is 1. The second kappa shape index (κ2) is 6.92. The fraction of sp³-hybridized carbons (Fsp3) is 0.333. The van der Waals surface area contributed by atoms with Crippen LogP contribution in [0, 0.1) is 0 Å². The van der Waals surface area contributed by atoms with E-state index in [0.29, 0.717) is 24.5 Å². The summed E-state index contributed by atoms with van der Waals surface area (Å²) in [6, 6.07) is 7.43. The Morgan fingerprint density at radius 2 is 1.85 bits per heavy atom. The van der Waals surface area contributed by atoms with Gasteiger partial charge in [-0.3, -0.25) is 9.48 Å². The zero-order valence-electron chi connectivity index (χ0n) is 14.5. The van der Waals surface area contributed by atoms with Gasteiger partial charge < -0.3 is 9.80 Å². The van der Waals surface area contributed by atoms with Gasteiger partial charge in [0.1, 0.15) is 12.1 Å². The molecule has 3 heterocycles. The number of halogens is 1. The Kier molecular flexibility index (Phi) is 4.46. The number of aryl methyl sites for hydroxylation is 1. The smallest absolute Gasteiger partial charge is 0.227 e. The quantitative estimate of drug-likeness (QED) is 0.704. The fourth-order valence-corrected chi connectivity index (χ4v) is 3.38. The summed E-state index contributed by atoms with van der Waals surface area (Å²) in [5.74, 6) is 1.02. The van der Waals surface area contributed by atoms with Crippen LogP contribution in [0.3, 0.4) is 0 Å². The first-order chi connectivity index (χ1) is 12.6. The minimum Gasteiger partial charge on any atom is -0.352 e. The normalized spacial score (nSPS) is 14.8. The van der Waals surface area contributed by atoms with Crippen LogP contribution < -0.4 is 4.90 Å². The number of piperazine rings is 1. The highest BCUT2D eigenvalue weighted by atomic mass is 35.5. The molecule has 4 rings (SSSR count). The van der Waals surface area contributed by atoms with Crippen molar-refractivity contribution in [2.75, 3.05) is 31.1 Å². The highest BCUT2D eigenvalue weighted by molar-refractivity contribution is 6.30.